The second-order valence-corrected chi connectivity index (χ2v) is 6.79. The molecule has 1 aromatic heterocycles. The first-order valence-electron chi connectivity index (χ1n) is 9.14. The quantitative estimate of drug-likeness (QED) is 0.716. The van der Waals surface area contributed by atoms with Crippen molar-refractivity contribution in [3.05, 3.63) is 76.6 Å². The lowest BCUT2D eigenvalue weighted by atomic mass is 10.1. The molecule has 0 spiro atoms. The second-order valence-electron chi connectivity index (χ2n) is 6.79. The first-order valence-corrected chi connectivity index (χ1v) is 9.14. The van der Waals surface area contributed by atoms with E-state index < -0.39 is 0 Å². The number of aromatic nitrogens is 2. The third kappa shape index (κ3) is 3.96. The summed E-state index contributed by atoms with van der Waals surface area (Å²) in [5, 5.41) is 10.0. The molecule has 0 unspecified atom stereocenters. The van der Waals surface area contributed by atoms with E-state index in [2.05, 4.69) is 15.7 Å². The molecule has 0 aliphatic carbocycles. The number of amides is 2. The number of carbonyl (C=O) groups is 2. The van der Waals surface area contributed by atoms with Crippen molar-refractivity contribution in [2.75, 3.05) is 11.9 Å². The van der Waals surface area contributed by atoms with Gasteiger partial charge < -0.3 is 10.6 Å². The monoisotopic (exact) mass is 376 g/mol. The van der Waals surface area contributed by atoms with Crippen LogP contribution in [-0.2, 0) is 4.79 Å². The number of rotatable bonds is 5. The molecule has 2 N–H and O–H groups in total. The highest BCUT2D eigenvalue weighted by atomic mass is 16.2. The maximum absolute atomic E-state index is 12.7. The van der Waals surface area contributed by atoms with E-state index >= 15 is 0 Å². The number of carbonyl (C=O) groups excluding carboxylic acids is 2. The van der Waals surface area contributed by atoms with E-state index in [0.29, 0.717) is 11.3 Å². The summed E-state index contributed by atoms with van der Waals surface area (Å²) in [6, 6.07) is 15.4. The molecule has 0 fully saturated rings. The second kappa shape index (κ2) is 8.08. The van der Waals surface area contributed by atoms with Crippen molar-refractivity contribution in [1.82, 2.24) is 15.1 Å². The smallest absolute Gasteiger partial charge is 0.255 e. The standard InChI is InChI=1S/C22H24N4O2/c1-14-9-8-10-15(2)21(14)24-19(27)13-23-22(28)20-16(3)25-26(17(20)4)18-11-6-5-7-12-18/h5-12H,13H2,1-4H3,(H,23,28)(H,24,27). The largest absolute Gasteiger partial charge is 0.343 e. The Morgan fingerprint density at radius 1 is 0.929 bits per heavy atom. The average molecular weight is 376 g/mol. The van der Waals surface area contributed by atoms with E-state index in [1.165, 1.54) is 0 Å². The van der Waals surface area contributed by atoms with Gasteiger partial charge in [-0.3, -0.25) is 9.59 Å². The van der Waals surface area contributed by atoms with Crippen molar-refractivity contribution < 1.29 is 9.59 Å². The zero-order valence-corrected chi connectivity index (χ0v) is 16.5. The van der Waals surface area contributed by atoms with Gasteiger partial charge in [0.2, 0.25) is 5.91 Å². The number of nitrogens with zero attached hydrogens (tertiary/aromatic N) is 2. The molecule has 1 heterocycles. The topological polar surface area (TPSA) is 76.0 Å². The summed E-state index contributed by atoms with van der Waals surface area (Å²) in [5.74, 6) is -0.578. The summed E-state index contributed by atoms with van der Waals surface area (Å²) in [5.41, 5.74) is 5.47. The molecule has 28 heavy (non-hydrogen) atoms. The van der Waals surface area contributed by atoms with Gasteiger partial charge in [0.05, 0.1) is 29.2 Å². The predicted molar refractivity (Wildman–Crippen MR) is 110 cm³/mol. The predicted octanol–water partition coefficient (Wildman–Crippen LogP) is 3.47. The lowest BCUT2D eigenvalue weighted by molar-refractivity contribution is -0.115. The third-order valence-electron chi connectivity index (χ3n) is 4.67. The van der Waals surface area contributed by atoms with Crippen LogP contribution in [0.2, 0.25) is 0 Å². The highest BCUT2D eigenvalue weighted by Crippen LogP contribution is 2.19. The van der Waals surface area contributed by atoms with Gasteiger partial charge >= 0.3 is 0 Å². The molecule has 0 bridgehead atoms. The fourth-order valence-electron chi connectivity index (χ4n) is 3.24. The summed E-state index contributed by atoms with van der Waals surface area (Å²) >= 11 is 0. The summed E-state index contributed by atoms with van der Waals surface area (Å²) < 4.78 is 1.74. The normalized spacial score (nSPS) is 10.6. The van der Waals surface area contributed by atoms with Crippen molar-refractivity contribution in [2.45, 2.75) is 27.7 Å². The van der Waals surface area contributed by atoms with Crippen molar-refractivity contribution in [3.8, 4) is 5.69 Å². The van der Waals surface area contributed by atoms with Gasteiger partial charge in [0.15, 0.2) is 0 Å². The maximum atomic E-state index is 12.7. The van der Waals surface area contributed by atoms with Gasteiger partial charge in [-0.25, -0.2) is 4.68 Å². The molecule has 2 aromatic carbocycles. The van der Waals surface area contributed by atoms with Gasteiger partial charge in [0.1, 0.15) is 0 Å². The van der Waals surface area contributed by atoms with E-state index in [1.54, 1.807) is 11.6 Å². The Morgan fingerprint density at radius 3 is 2.21 bits per heavy atom. The Hall–Kier alpha value is -3.41. The first-order chi connectivity index (χ1) is 13.4. The van der Waals surface area contributed by atoms with Crippen LogP contribution in [0.3, 0.4) is 0 Å². The van der Waals surface area contributed by atoms with Crippen LogP contribution in [0.1, 0.15) is 32.9 Å². The molecule has 0 saturated carbocycles. The molecule has 0 aliphatic rings. The van der Waals surface area contributed by atoms with Gasteiger partial charge in [-0.1, -0.05) is 36.4 Å². The first kappa shape index (κ1) is 19.4. The highest BCUT2D eigenvalue weighted by Gasteiger charge is 2.20. The van der Waals surface area contributed by atoms with Crippen LogP contribution >= 0.6 is 0 Å². The highest BCUT2D eigenvalue weighted by molar-refractivity contribution is 6.01. The molecular formula is C22H24N4O2. The van der Waals surface area contributed by atoms with Gasteiger partial charge in [-0.2, -0.15) is 5.10 Å². The third-order valence-corrected chi connectivity index (χ3v) is 4.67. The molecular weight excluding hydrogens is 352 g/mol. The lowest BCUT2D eigenvalue weighted by Gasteiger charge is -2.12. The Bertz CT molecular complexity index is 1000. The van der Waals surface area contributed by atoms with Crippen LogP contribution in [-0.4, -0.2) is 28.1 Å². The van der Waals surface area contributed by atoms with Crippen LogP contribution in [0.5, 0.6) is 0 Å². The van der Waals surface area contributed by atoms with E-state index in [9.17, 15) is 9.59 Å². The van der Waals surface area contributed by atoms with Crippen LogP contribution in [0.4, 0.5) is 5.69 Å². The van der Waals surface area contributed by atoms with Gasteiger partial charge in [-0.15, -0.1) is 0 Å². The Labute approximate surface area is 164 Å². The molecule has 0 atom stereocenters. The van der Waals surface area contributed by atoms with Gasteiger partial charge in [0.25, 0.3) is 5.91 Å². The van der Waals surface area contributed by atoms with E-state index in [-0.39, 0.29) is 18.4 Å². The van der Waals surface area contributed by atoms with Crippen molar-refractivity contribution in [3.63, 3.8) is 0 Å². The Kier molecular flexibility index (Phi) is 5.59. The number of benzene rings is 2. The number of aryl methyl sites for hydroxylation is 3. The molecule has 0 radical (unpaired) electrons. The summed E-state index contributed by atoms with van der Waals surface area (Å²) in [6.07, 6.45) is 0. The number of anilines is 1. The minimum Gasteiger partial charge on any atom is -0.343 e. The van der Waals surface area contributed by atoms with Crippen LogP contribution < -0.4 is 10.6 Å². The Balaban J connectivity index is 1.70. The number of para-hydroxylation sites is 2. The number of nitrogens with one attached hydrogen (secondary N) is 2. The summed E-state index contributed by atoms with van der Waals surface area (Å²) in [7, 11) is 0. The SMILES string of the molecule is Cc1cccc(C)c1NC(=O)CNC(=O)c1c(C)nn(-c2ccccc2)c1C. The molecule has 0 saturated heterocycles. The minimum absolute atomic E-state index is 0.109. The molecule has 6 nitrogen and oxygen atoms in total. The molecule has 6 heteroatoms. The molecule has 3 rings (SSSR count). The van der Waals surface area contributed by atoms with E-state index in [4.69, 9.17) is 0 Å². The fraction of sp³-hybridized carbons (Fsp3) is 0.227. The molecule has 144 valence electrons. The summed E-state index contributed by atoms with van der Waals surface area (Å²) in [4.78, 5) is 25.0. The fourth-order valence-corrected chi connectivity index (χ4v) is 3.24. The zero-order valence-electron chi connectivity index (χ0n) is 16.5. The number of hydrogen-bond donors (Lipinski definition) is 2. The van der Waals surface area contributed by atoms with Crippen molar-refractivity contribution >= 4 is 17.5 Å². The van der Waals surface area contributed by atoms with E-state index in [1.807, 2.05) is 69.3 Å². The van der Waals surface area contributed by atoms with Crippen molar-refractivity contribution in [1.29, 1.82) is 0 Å². The van der Waals surface area contributed by atoms with Crippen LogP contribution in [0.25, 0.3) is 5.69 Å². The van der Waals surface area contributed by atoms with Crippen molar-refractivity contribution in [2.24, 2.45) is 0 Å². The van der Waals surface area contributed by atoms with Crippen LogP contribution in [0, 0.1) is 27.7 Å². The van der Waals surface area contributed by atoms with Gasteiger partial charge in [0, 0.05) is 5.69 Å². The van der Waals surface area contributed by atoms with Gasteiger partial charge in [-0.05, 0) is 51.0 Å². The lowest BCUT2D eigenvalue weighted by Crippen LogP contribution is -2.33. The maximum Gasteiger partial charge on any atom is 0.255 e. The van der Waals surface area contributed by atoms with E-state index in [0.717, 1.165) is 28.2 Å². The Morgan fingerprint density at radius 2 is 1.57 bits per heavy atom. The van der Waals surface area contributed by atoms with Crippen LogP contribution in [0.15, 0.2) is 48.5 Å². The number of hydrogen-bond acceptors (Lipinski definition) is 3. The minimum atomic E-state index is -0.311. The summed E-state index contributed by atoms with van der Waals surface area (Å²) in [6.45, 7) is 7.40. The molecule has 2 amide bonds. The average Bonchev–Trinajstić information content (AvgIpc) is 2.98. The molecule has 0 aliphatic heterocycles. The molecule has 3 aromatic rings. The zero-order chi connectivity index (χ0) is 20.3.